The first kappa shape index (κ1) is 16.8. The number of carbonyl (C=O) groups excluding carboxylic acids is 1. The molecule has 0 radical (unpaired) electrons. The van der Waals surface area contributed by atoms with Gasteiger partial charge < -0.3 is 5.32 Å². The van der Waals surface area contributed by atoms with Crippen LogP contribution in [-0.4, -0.2) is 14.3 Å². The van der Waals surface area contributed by atoms with Crippen LogP contribution in [-0.2, 0) is 21.2 Å². The predicted molar refractivity (Wildman–Crippen MR) is 95.1 cm³/mol. The molecule has 0 aliphatic carbocycles. The summed E-state index contributed by atoms with van der Waals surface area (Å²) in [4.78, 5) is 11.5. The monoisotopic (exact) mass is 364 g/mol. The minimum atomic E-state index is -3.86. The third-order valence-corrected chi connectivity index (χ3v) is 5.95. The van der Waals surface area contributed by atoms with Crippen LogP contribution >= 0.6 is 11.6 Å². The lowest BCUT2D eigenvalue weighted by molar-refractivity contribution is -0.116. The standard InChI is InChI=1S/C17H17ClN2O3S/c1-10-3-5-13(7-11(10)2)20-24(22,23)16-9-15-12(8-14(16)18)4-6-17(21)19-15/h3,5,7-9,20H,4,6H2,1-2H3,(H,19,21). The van der Waals surface area contributed by atoms with Gasteiger partial charge in [-0.3, -0.25) is 9.52 Å². The molecule has 3 rings (SSSR count). The molecule has 2 N–H and O–H groups in total. The molecular formula is C17H17ClN2O3S. The van der Waals surface area contributed by atoms with Crippen LogP contribution in [0.3, 0.4) is 0 Å². The summed E-state index contributed by atoms with van der Waals surface area (Å²) in [5.41, 5.74) is 3.86. The molecule has 1 heterocycles. The molecule has 1 aliphatic rings. The second-order valence-electron chi connectivity index (χ2n) is 5.89. The van der Waals surface area contributed by atoms with Crippen LogP contribution in [0.5, 0.6) is 0 Å². The van der Waals surface area contributed by atoms with Crippen molar-refractivity contribution in [2.24, 2.45) is 0 Å². The van der Waals surface area contributed by atoms with Crippen molar-refractivity contribution in [1.82, 2.24) is 0 Å². The minimum absolute atomic E-state index is 0.0525. The number of hydrogen-bond acceptors (Lipinski definition) is 3. The van der Waals surface area contributed by atoms with Crippen LogP contribution in [0.2, 0.25) is 5.02 Å². The molecule has 0 spiro atoms. The van der Waals surface area contributed by atoms with Crippen molar-refractivity contribution in [2.45, 2.75) is 31.6 Å². The van der Waals surface area contributed by atoms with Gasteiger partial charge in [0.25, 0.3) is 10.0 Å². The first-order valence-electron chi connectivity index (χ1n) is 7.48. The van der Waals surface area contributed by atoms with E-state index in [2.05, 4.69) is 10.0 Å². The number of benzene rings is 2. The number of anilines is 2. The Morgan fingerprint density at radius 1 is 1.08 bits per heavy atom. The van der Waals surface area contributed by atoms with Crippen molar-refractivity contribution in [3.8, 4) is 0 Å². The number of sulfonamides is 1. The smallest absolute Gasteiger partial charge is 0.263 e. The van der Waals surface area contributed by atoms with E-state index in [1.54, 1.807) is 18.2 Å². The third-order valence-electron chi connectivity index (χ3n) is 4.10. The van der Waals surface area contributed by atoms with Crippen molar-refractivity contribution in [3.05, 3.63) is 52.0 Å². The lowest BCUT2D eigenvalue weighted by Gasteiger charge is -2.19. The number of fused-ring (bicyclic) bond motifs is 1. The molecule has 0 atom stereocenters. The average molecular weight is 365 g/mol. The van der Waals surface area contributed by atoms with Crippen molar-refractivity contribution >= 4 is 38.9 Å². The van der Waals surface area contributed by atoms with E-state index in [1.165, 1.54) is 6.07 Å². The highest BCUT2D eigenvalue weighted by molar-refractivity contribution is 7.92. The molecule has 1 aliphatic heterocycles. The SMILES string of the molecule is Cc1ccc(NS(=O)(=O)c2cc3c(cc2Cl)CCC(=O)N3)cc1C. The van der Waals surface area contributed by atoms with E-state index in [0.29, 0.717) is 24.2 Å². The van der Waals surface area contributed by atoms with E-state index in [9.17, 15) is 13.2 Å². The van der Waals surface area contributed by atoms with Gasteiger partial charge in [0.15, 0.2) is 0 Å². The molecule has 0 fully saturated rings. The molecule has 2 aromatic rings. The summed E-state index contributed by atoms with van der Waals surface area (Å²) in [6.07, 6.45) is 0.919. The highest BCUT2D eigenvalue weighted by Crippen LogP contribution is 2.32. The maximum atomic E-state index is 12.7. The summed E-state index contributed by atoms with van der Waals surface area (Å²) < 4.78 is 27.9. The molecule has 0 unspecified atom stereocenters. The summed E-state index contributed by atoms with van der Waals surface area (Å²) in [5, 5.41) is 2.83. The quantitative estimate of drug-likeness (QED) is 0.873. The lowest BCUT2D eigenvalue weighted by Crippen LogP contribution is -2.20. The topological polar surface area (TPSA) is 75.3 Å². The van der Waals surface area contributed by atoms with E-state index in [0.717, 1.165) is 16.7 Å². The number of aryl methyl sites for hydroxylation is 3. The fraction of sp³-hybridized carbons (Fsp3) is 0.235. The highest BCUT2D eigenvalue weighted by atomic mass is 35.5. The van der Waals surface area contributed by atoms with Gasteiger partial charge in [0.2, 0.25) is 5.91 Å². The van der Waals surface area contributed by atoms with Crippen molar-refractivity contribution in [3.63, 3.8) is 0 Å². The molecule has 5 nitrogen and oxygen atoms in total. The average Bonchev–Trinajstić information content (AvgIpc) is 2.50. The van der Waals surface area contributed by atoms with Crippen molar-refractivity contribution in [1.29, 1.82) is 0 Å². The fourth-order valence-electron chi connectivity index (χ4n) is 2.60. The second kappa shape index (κ2) is 6.11. The zero-order valence-electron chi connectivity index (χ0n) is 13.3. The Morgan fingerprint density at radius 2 is 1.83 bits per heavy atom. The highest BCUT2D eigenvalue weighted by Gasteiger charge is 2.23. The van der Waals surface area contributed by atoms with Gasteiger partial charge in [-0.05, 0) is 61.2 Å². The van der Waals surface area contributed by atoms with Crippen LogP contribution in [0.25, 0.3) is 0 Å². The molecule has 0 saturated heterocycles. The Hall–Kier alpha value is -2.05. The zero-order valence-corrected chi connectivity index (χ0v) is 14.9. The van der Waals surface area contributed by atoms with E-state index in [4.69, 9.17) is 11.6 Å². The van der Waals surface area contributed by atoms with Crippen LogP contribution in [0.15, 0.2) is 35.2 Å². The van der Waals surface area contributed by atoms with E-state index < -0.39 is 10.0 Å². The summed E-state index contributed by atoms with van der Waals surface area (Å²) in [7, 11) is -3.86. The zero-order chi connectivity index (χ0) is 17.5. The van der Waals surface area contributed by atoms with Gasteiger partial charge in [0.1, 0.15) is 4.90 Å². The van der Waals surface area contributed by atoms with Gasteiger partial charge in [-0.1, -0.05) is 17.7 Å². The van der Waals surface area contributed by atoms with Crippen LogP contribution in [0.4, 0.5) is 11.4 Å². The fourth-order valence-corrected chi connectivity index (χ4v) is 4.23. The molecule has 126 valence electrons. The number of nitrogens with one attached hydrogen (secondary N) is 2. The molecule has 24 heavy (non-hydrogen) atoms. The van der Waals surface area contributed by atoms with Gasteiger partial charge in [0.05, 0.1) is 5.02 Å². The summed E-state index contributed by atoms with van der Waals surface area (Å²) in [6.45, 7) is 3.87. The van der Waals surface area contributed by atoms with Crippen LogP contribution < -0.4 is 10.0 Å². The predicted octanol–water partition coefficient (Wildman–Crippen LogP) is 3.64. The normalized spacial score (nSPS) is 14.0. The number of amides is 1. The van der Waals surface area contributed by atoms with Gasteiger partial charge in [-0.2, -0.15) is 0 Å². The lowest BCUT2D eigenvalue weighted by atomic mass is 10.0. The maximum absolute atomic E-state index is 12.7. The maximum Gasteiger partial charge on any atom is 0.263 e. The van der Waals surface area contributed by atoms with Crippen LogP contribution in [0, 0.1) is 13.8 Å². The molecular weight excluding hydrogens is 348 g/mol. The summed E-state index contributed by atoms with van der Waals surface area (Å²) >= 11 is 6.17. The Balaban J connectivity index is 1.98. The number of carbonyl (C=O) groups is 1. The first-order chi connectivity index (χ1) is 11.3. The largest absolute Gasteiger partial charge is 0.326 e. The molecule has 0 aromatic heterocycles. The van der Waals surface area contributed by atoms with E-state index >= 15 is 0 Å². The Morgan fingerprint density at radius 3 is 2.54 bits per heavy atom. The molecule has 1 amide bonds. The van der Waals surface area contributed by atoms with Gasteiger partial charge in [-0.25, -0.2) is 8.42 Å². The Bertz CT molecular complexity index is 939. The first-order valence-corrected chi connectivity index (χ1v) is 9.35. The van der Waals surface area contributed by atoms with Crippen molar-refractivity contribution in [2.75, 3.05) is 10.0 Å². The van der Waals surface area contributed by atoms with Crippen LogP contribution in [0.1, 0.15) is 23.1 Å². The number of rotatable bonds is 3. The number of halogens is 1. The van der Waals surface area contributed by atoms with Gasteiger partial charge in [-0.15, -0.1) is 0 Å². The number of hydrogen-bond donors (Lipinski definition) is 2. The Labute approximate surface area is 146 Å². The molecule has 2 aromatic carbocycles. The third kappa shape index (κ3) is 3.25. The molecule has 7 heteroatoms. The van der Waals surface area contributed by atoms with E-state index in [1.807, 2.05) is 19.9 Å². The molecule has 0 bridgehead atoms. The summed E-state index contributed by atoms with van der Waals surface area (Å²) in [5.74, 6) is -0.129. The van der Waals surface area contributed by atoms with Crippen molar-refractivity contribution < 1.29 is 13.2 Å². The van der Waals surface area contributed by atoms with Gasteiger partial charge in [0, 0.05) is 17.8 Å². The van der Waals surface area contributed by atoms with Gasteiger partial charge >= 0.3 is 0 Å². The van der Waals surface area contributed by atoms with E-state index in [-0.39, 0.29) is 15.8 Å². The minimum Gasteiger partial charge on any atom is -0.326 e. The molecule has 0 saturated carbocycles. The summed E-state index contributed by atoms with van der Waals surface area (Å²) in [6, 6.07) is 8.33. The second-order valence-corrected chi connectivity index (χ2v) is 7.95. The Kier molecular flexibility index (Phi) is 4.27.